The van der Waals surface area contributed by atoms with Gasteiger partial charge in [-0.2, -0.15) is 5.01 Å². The Labute approximate surface area is 341 Å². The highest BCUT2D eigenvalue weighted by Crippen LogP contribution is 2.64. The summed E-state index contributed by atoms with van der Waals surface area (Å²) in [5.41, 5.74) is 5.88. The molecule has 4 amide bonds. The molecule has 4 aliphatic rings. The standard InChI is InChI=1S/C46H34ClFN4O7/c1-58-38-22-25(8-21-36(38)53)40-31-19-20-32-39(44(56)51(42(32)54)30-17-6-24(7-18-30)41-49-35-4-2-3-5-37(35)59-41)33(31)23-34-43(55)52(50-29-15-13-28(48)14-16-29)45(57)46(34,40)26-9-11-27(47)12-10-26/h2-19,21-22,32-34,39-40,50,53H,20,23H2,1H3. The van der Waals surface area contributed by atoms with Crippen molar-refractivity contribution < 1.29 is 37.8 Å². The number of nitrogens with zero attached hydrogens (tertiary/aromatic N) is 3. The van der Waals surface area contributed by atoms with Crippen LogP contribution in [0, 0.1) is 29.5 Å². The predicted molar refractivity (Wildman–Crippen MR) is 216 cm³/mol. The number of carbonyl (C=O) groups excluding carboxylic acids is 4. The molecular formula is C46H34ClFN4O7. The number of oxazole rings is 1. The minimum absolute atomic E-state index is 0.0665. The number of para-hydroxylation sites is 2. The van der Waals surface area contributed by atoms with Gasteiger partial charge in [-0.15, -0.1) is 0 Å². The lowest BCUT2D eigenvalue weighted by Crippen LogP contribution is -2.53. The van der Waals surface area contributed by atoms with Crippen molar-refractivity contribution in [1.82, 2.24) is 9.99 Å². The van der Waals surface area contributed by atoms with Crippen molar-refractivity contribution in [3.05, 3.63) is 149 Å². The predicted octanol–water partition coefficient (Wildman–Crippen LogP) is 8.19. The molecule has 11 nitrogen and oxygen atoms in total. The normalized spacial score (nSPS) is 24.9. The summed E-state index contributed by atoms with van der Waals surface area (Å²) in [5.74, 6) is -6.01. The van der Waals surface area contributed by atoms with Gasteiger partial charge in [0.05, 0.1) is 41.7 Å². The van der Waals surface area contributed by atoms with Gasteiger partial charge >= 0.3 is 0 Å². The molecule has 6 unspecified atom stereocenters. The first kappa shape index (κ1) is 36.5. The van der Waals surface area contributed by atoms with Crippen LogP contribution in [0.25, 0.3) is 22.6 Å². The van der Waals surface area contributed by atoms with Crippen molar-refractivity contribution >= 4 is 57.7 Å². The van der Waals surface area contributed by atoms with Crippen molar-refractivity contribution in [2.75, 3.05) is 17.4 Å². The number of fused-ring (bicyclic) bond motifs is 5. The highest BCUT2D eigenvalue weighted by atomic mass is 35.5. The average Bonchev–Trinajstić information content (AvgIpc) is 3.86. The fourth-order valence-electron chi connectivity index (χ4n) is 9.91. The van der Waals surface area contributed by atoms with Gasteiger partial charge in [0.25, 0.3) is 11.8 Å². The smallest absolute Gasteiger partial charge is 0.260 e. The van der Waals surface area contributed by atoms with Crippen molar-refractivity contribution in [3.63, 3.8) is 0 Å². The number of hydrogen-bond acceptors (Lipinski definition) is 9. The minimum atomic E-state index is -1.59. The number of allylic oxidation sites excluding steroid dienone is 2. The molecule has 3 fully saturated rings. The molecule has 59 heavy (non-hydrogen) atoms. The van der Waals surface area contributed by atoms with Crippen LogP contribution in [0.15, 0.2) is 131 Å². The van der Waals surface area contributed by atoms with Gasteiger partial charge in [0.2, 0.25) is 17.7 Å². The van der Waals surface area contributed by atoms with Crippen LogP contribution in [0.5, 0.6) is 11.5 Å². The second-order valence-electron chi connectivity index (χ2n) is 15.4. The maximum atomic E-state index is 15.4. The van der Waals surface area contributed by atoms with Crippen LogP contribution in [0.4, 0.5) is 15.8 Å². The van der Waals surface area contributed by atoms with Crippen molar-refractivity contribution in [2.24, 2.45) is 23.7 Å². The van der Waals surface area contributed by atoms with Gasteiger partial charge in [-0.3, -0.25) is 29.5 Å². The Morgan fingerprint density at radius 3 is 2.36 bits per heavy atom. The molecule has 2 aliphatic heterocycles. The first-order valence-corrected chi connectivity index (χ1v) is 19.5. The third-order valence-electron chi connectivity index (χ3n) is 12.5. The summed E-state index contributed by atoms with van der Waals surface area (Å²) in [5, 5.41) is 12.1. The number of phenolic OH excluding ortho intramolecular Hbond substituents is 1. The lowest BCUT2D eigenvalue weighted by molar-refractivity contribution is -0.138. The number of ether oxygens (including phenoxy) is 1. The molecule has 294 valence electrons. The highest BCUT2D eigenvalue weighted by molar-refractivity contribution is 6.30. The molecule has 13 heteroatoms. The third-order valence-corrected chi connectivity index (χ3v) is 12.7. The molecule has 2 N–H and O–H groups in total. The number of rotatable bonds is 7. The summed E-state index contributed by atoms with van der Waals surface area (Å²) in [6, 6.07) is 31.2. The summed E-state index contributed by atoms with van der Waals surface area (Å²) >= 11 is 6.39. The summed E-state index contributed by atoms with van der Waals surface area (Å²) in [7, 11) is 1.42. The Morgan fingerprint density at radius 2 is 1.63 bits per heavy atom. The van der Waals surface area contributed by atoms with Crippen LogP contribution in [0.2, 0.25) is 5.02 Å². The molecule has 3 heterocycles. The number of amides is 4. The summed E-state index contributed by atoms with van der Waals surface area (Å²) in [6.07, 6.45) is 2.23. The van der Waals surface area contributed by atoms with Gasteiger partial charge in [0.15, 0.2) is 17.1 Å². The SMILES string of the molecule is COc1cc(C2C3=CCC4C(=O)N(c5ccc(-c6nc7ccccc7o6)cc5)C(=O)C4C3CC3C(=O)N(Nc4ccc(F)cc4)C(=O)C32c2ccc(Cl)cc2)ccc1O. The van der Waals surface area contributed by atoms with Crippen LogP contribution >= 0.6 is 11.6 Å². The summed E-state index contributed by atoms with van der Waals surface area (Å²) < 4.78 is 25.4. The van der Waals surface area contributed by atoms with E-state index in [1.165, 1.54) is 42.3 Å². The Bertz CT molecular complexity index is 2720. The van der Waals surface area contributed by atoms with E-state index in [0.29, 0.717) is 50.1 Å². The first-order chi connectivity index (χ1) is 28.6. The number of imide groups is 2. The van der Waals surface area contributed by atoms with E-state index in [1.807, 2.05) is 30.3 Å². The zero-order valence-electron chi connectivity index (χ0n) is 31.3. The number of nitrogens with one attached hydrogen (secondary N) is 1. The topological polar surface area (TPSA) is 142 Å². The van der Waals surface area contributed by atoms with E-state index in [0.717, 1.165) is 10.6 Å². The molecule has 0 spiro atoms. The van der Waals surface area contributed by atoms with E-state index in [1.54, 1.807) is 60.7 Å². The van der Waals surface area contributed by atoms with Crippen LogP contribution in [0.3, 0.4) is 0 Å². The number of aromatic hydroxyl groups is 1. The van der Waals surface area contributed by atoms with Crippen molar-refractivity contribution in [3.8, 4) is 23.0 Å². The van der Waals surface area contributed by atoms with E-state index in [9.17, 15) is 23.9 Å². The van der Waals surface area contributed by atoms with Crippen molar-refractivity contribution in [2.45, 2.75) is 24.2 Å². The third kappa shape index (κ3) is 5.50. The number of anilines is 2. The second-order valence-corrected chi connectivity index (χ2v) is 15.8. The lowest BCUT2D eigenvalue weighted by atomic mass is 9.49. The Hall–Kier alpha value is -6.79. The Kier molecular flexibility index (Phi) is 8.46. The quantitative estimate of drug-likeness (QED) is 0.121. The average molecular weight is 809 g/mol. The molecule has 2 saturated heterocycles. The highest BCUT2D eigenvalue weighted by Gasteiger charge is 2.70. The van der Waals surface area contributed by atoms with Gasteiger partial charge < -0.3 is 14.3 Å². The van der Waals surface area contributed by atoms with Gasteiger partial charge in [0, 0.05) is 16.5 Å². The molecule has 0 bridgehead atoms. The molecular weight excluding hydrogens is 775 g/mol. The molecule has 2 aliphatic carbocycles. The fraction of sp³-hybridized carbons (Fsp3) is 0.196. The van der Waals surface area contributed by atoms with Gasteiger partial charge in [-0.1, -0.05) is 53.6 Å². The molecule has 0 radical (unpaired) electrons. The van der Waals surface area contributed by atoms with Gasteiger partial charge in [-0.25, -0.2) is 9.37 Å². The van der Waals surface area contributed by atoms with Gasteiger partial charge in [-0.05, 0) is 115 Å². The van der Waals surface area contributed by atoms with E-state index in [-0.39, 0.29) is 30.2 Å². The van der Waals surface area contributed by atoms with Crippen LogP contribution in [0.1, 0.15) is 29.9 Å². The molecule has 6 atom stereocenters. The number of hydrazine groups is 1. The molecule has 1 aromatic heterocycles. The van der Waals surface area contributed by atoms with E-state index < -0.39 is 58.5 Å². The monoisotopic (exact) mass is 808 g/mol. The van der Waals surface area contributed by atoms with E-state index >= 15 is 4.79 Å². The largest absolute Gasteiger partial charge is 0.504 e. The first-order valence-electron chi connectivity index (χ1n) is 19.2. The number of benzene rings is 5. The summed E-state index contributed by atoms with van der Waals surface area (Å²) in [6.45, 7) is 0. The molecule has 5 aromatic carbocycles. The number of carbonyl (C=O) groups is 4. The molecule has 6 aromatic rings. The molecule has 10 rings (SSSR count). The Balaban J connectivity index is 1.08. The van der Waals surface area contributed by atoms with Crippen molar-refractivity contribution in [1.29, 1.82) is 0 Å². The number of methoxy groups -OCH3 is 1. The van der Waals surface area contributed by atoms with E-state index in [4.69, 9.17) is 20.8 Å². The Morgan fingerprint density at radius 1 is 0.881 bits per heavy atom. The number of phenols is 1. The minimum Gasteiger partial charge on any atom is -0.504 e. The van der Waals surface area contributed by atoms with Crippen LogP contribution in [-0.4, -0.2) is 45.8 Å². The van der Waals surface area contributed by atoms with E-state index in [2.05, 4.69) is 10.4 Å². The molecule has 1 saturated carbocycles. The maximum absolute atomic E-state index is 15.4. The zero-order valence-corrected chi connectivity index (χ0v) is 32.1. The zero-order chi connectivity index (χ0) is 40.7. The number of halogens is 2. The van der Waals surface area contributed by atoms with Crippen LogP contribution < -0.4 is 15.1 Å². The summed E-state index contributed by atoms with van der Waals surface area (Å²) in [4.78, 5) is 65.2. The van der Waals surface area contributed by atoms with Gasteiger partial charge in [0.1, 0.15) is 11.3 Å². The van der Waals surface area contributed by atoms with Crippen LogP contribution in [-0.2, 0) is 24.6 Å². The number of aromatic nitrogens is 1. The fourth-order valence-corrected chi connectivity index (χ4v) is 10.0. The maximum Gasteiger partial charge on any atom is 0.260 e. The lowest BCUT2D eigenvalue weighted by Gasteiger charge is -2.50. The number of hydrogen-bond donors (Lipinski definition) is 2. The second kappa shape index (κ2) is 13.7.